The first-order valence-electron chi connectivity index (χ1n) is 7.49. The van der Waals surface area contributed by atoms with Crippen LogP contribution in [0.3, 0.4) is 0 Å². The van der Waals surface area contributed by atoms with E-state index in [1.807, 2.05) is 0 Å². The zero-order valence-electron chi connectivity index (χ0n) is 12.8. The summed E-state index contributed by atoms with van der Waals surface area (Å²) < 4.78 is 0. The first-order valence-corrected chi connectivity index (χ1v) is 9.90. The largest absolute Gasteiger partial charge is 0.389 e. The molecule has 3 atom stereocenters. The van der Waals surface area contributed by atoms with E-state index in [4.69, 9.17) is 0 Å². The van der Waals surface area contributed by atoms with Crippen molar-refractivity contribution < 1.29 is 0 Å². The minimum absolute atomic E-state index is 0.552. The molecule has 0 amide bonds. The number of rotatable bonds is 9. The van der Waals surface area contributed by atoms with Gasteiger partial charge in [0, 0.05) is 12.2 Å². The number of nitrogens with one attached hydrogen (secondary N) is 1. The lowest BCUT2D eigenvalue weighted by atomic mass is 10.1. The molecule has 0 aromatic rings. The highest BCUT2D eigenvalue weighted by atomic mass is 31.2. The van der Waals surface area contributed by atoms with Crippen LogP contribution in [-0.4, -0.2) is 30.8 Å². The summed E-state index contributed by atoms with van der Waals surface area (Å²) in [6.45, 7) is 13.6. The van der Waals surface area contributed by atoms with Crippen LogP contribution in [0.15, 0.2) is 12.3 Å². The molecule has 0 aromatic carbocycles. The second-order valence-electron chi connectivity index (χ2n) is 6.64. The van der Waals surface area contributed by atoms with Crippen molar-refractivity contribution in [1.82, 2.24) is 5.32 Å². The molecule has 3 unspecified atom stereocenters. The Balaban J connectivity index is 2.01. The van der Waals surface area contributed by atoms with E-state index in [0.29, 0.717) is 5.92 Å². The molecule has 18 heavy (non-hydrogen) atoms. The zero-order valence-corrected chi connectivity index (χ0v) is 13.7. The van der Waals surface area contributed by atoms with Crippen molar-refractivity contribution in [3.63, 3.8) is 0 Å². The van der Waals surface area contributed by atoms with Gasteiger partial charge in [0.15, 0.2) is 0 Å². The van der Waals surface area contributed by atoms with Gasteiger partial charge in [-0.15, -0.1) is 13.2 Å². The number of hydrogen-bond acceptors (Lipinski definition) is 1. The van der Waals surface area contributed by atoms with Crippen LogP contribution < -0.4 is 5.32 Å². The smallest absolute Gasteiger partial charge is 0.0143 e. The predicted octanol–water partition coefficient (Wildman–Crippen LogP) is 4.40. The van der Waals surface area contributed by atoms with Crippen LogP contribution in [0.2, 0.25) is 0 Å². The second kappa shape index (κ2) is 6.85. The Kier molecular flexibility index (Phi) is 6.05. The Morgan fingerprint density at radius 1 is 1.33 bits per heavy atom. The molecule has 1 fully saturated rings. The maximum atomic E-state index is 4.48. The van der Waals surface area contributed by atoms with E-state index in [1.54, 1.807) is 0 Å². The molecule has 0 aliphatic carbocycles. The normalized spacial score (nSPS) is 28.2. The fraction of sp³-hybridized carbons (Fsp3) is 0.812. The molecule has 0 saturated carbocycles. The van der Waals surface area contributed by atoms with Crippen molar-refractivity contribution in [3.8, 4) is 0 Å². The standard InChI is InChI=1S/C16H32NP/c1-13(2)16(5)17-10-8-7-9-14(3)11-18(6)12-15(18)4/h13-15,17H,5-12H2,1-4H3. The third kappa shape index (κ3) is 5.22. The van der Waals surface area contributed by atoms with E-state index in [2.05, 4.69) is 45.9 Å². The first-order chi connectivity index (χ1) is 8.35. The summed E-state index contributed by atoms with van der Waals surface area (Å²) in [5, 5.41) is 3.42. The van der Waals surface area contributed by atoms with Gasteiger partial charge < -0.3 is 5.32 Å². The average Bonchev–Trinajstić information content (AvgIpc) is 2.84. The molecule has 1 nitrogen and oxygen atoms in total. The third-order valence-corrected chi connectivity index (χ3v) is 8.49. The van der Waals surface area contributed by atoms with Crippen molar-refractivity contribution in [3.05, 3.63) is 12.3 Å². The summed E-state index contributed by atoms with van der Waals surface area (Å²) in [6.07, 6.45) is 11.3. The summed E-state index contributed by atoms with van der Waals surface area (Å²) in [5.74, 6) is 1.44. The van der Waals surface area contributed by atoms with E-state index in [9.17, 15) is 0 Å². The Bertz CT molecular complexity index is 319. The van der Waals surface area contributed by atoms with Crippen LogP contribution in [0.4, 0.5) is 0 Å². The van der Waals surface area contributed by atoms with Crippen LogP contribution in [0.5, 0.6) is 0 Å². The quantitative estimate of drug-likeness (QED) is 0.483. The topological polar surface area (TPSA) is 12.0 Å². The molecule has 1 heterocycles. The van der Waals surface area contributed by atoms with Crippen molar-refractivity contribution in [2.24, 2.45) is 11.8 Å². The maximum absolute atomic E-state index is 4.48. The zero-order chi connectivity index (χ0) is 13.8. The van der Waals surface area contributed by atoms with Gasteiger partial charge in [0.05, 0.1) is 0 Å². The van der Waals surface area contributed by atoms with E-state index >= 15 is 0 Å². The molecule has 0 aromatic heterocycles. The molecule has 106 valence electrons. The minimum atomic E-state index is -0.677. The van der Waals surface area contributed by atoms with Crippen LogP contribution in [0.25, 0.3) is 0 Å². The van der Waals surface area contributed by atoms with E-state index in [1.165, 1.54) is 37.3 Å². The summed E-state index contributed by atoms with van der Waals surface area (Å²) in [5.41, 5.74) is 2.15. The summed E-state index contributed by atoms with van der Waals surface area (Å²) in [4.78, 5) is 0. The predicted molar refractivity (Wildman–Crippen MR) is 88.2 cm³/mol. The highest BCUT2D eigenvalue weighted by Crippen LogP contribution is 2.67. The van der Waals surface area contributed by atoms with Gasteiger partial charge in [0.25, 0.3) is 0 Å². The molecule has 2 heteroatoms. The molecule has 1 saturated heterocycles. The van der Waals surface area contributed by atoms with Crippen LogP contribution in [0, 0.1) is 11.8 Å². The fourth-order valence-electron chi connectivity index (χ4n) is 2.52. The Labute approximate surface area is 114 Å². The van der Waals surface area contributed by atoms with Crippen LogP contribution in [-0.2, 0) is 0 Å². The van der Waals surface area contributed by atoms with Crippen LogP contribution >= 0.6 is 6.89 Å². The van der Waals surface area contributed by atoms with Crippen LogP contribution in [0.1, 0.15) is 47.0 Å². The Hall–Kier alpha value is -0.160. The van der Waals surface area contributed by atoms with E-state index < -0.39 is 6.89 Å². The molecule has 1 aliphatic heterocycles. The van der Waals surface area contributed by atoms with E-state index in [0.717, 1.165) is 18.1 Å². The Morgan fingerprint density at radius 2 is 1.94 bits per heavy atom. The fourth-order valence-corrected chi connectivity index (χ4v) is 6.10. The van der Waals surface area contributed by atoms with Gasteiger partial charge in [0.1, 0.15) is 0 Å². The summed E-state index contributed by atoms with van der Waals surface area (Å²) >= 11 is 0. The number of hydrogen-bond donors (Lipinski definition) is 1. The van der Waals surface area contributed by atoms with Crippen molar-refractivity contribution >= 4 is 13.2 Å². The lowest BCUT2D eigenvalue weighted by Crippen LogP contribution is -2.17. The van der Waals surface area contributed by atoms with Gasteiger partial charge in [-0.05, 0) is 36.2 Å². The first kappa shape index (κ1) is 15.9. The maximum Gasteiger partial charge on any atom is 0.0143 e. The molecule has 0 spiro atoms. The Morgan fingerprint density at radius 3 is 2.44 bits per heavy atom. The number of allylic oxidation sites excluding steroid dienone is 1. The molecule has 1 N–H and O–H groups in total. The highest BCUT2D eigenvalue weighted by molar-refractivity contribution is 7.81. The van der Waals surface area contributed by atoms with Gasteiger partial charge in [-0.1, -0.05) is 47.1 Å². The summed E-state index contributed by atoms with van der Waals surface area (Å²) in [7, 11) is 0. The molecule has 1 rings (SSSR count). The lowest BCUT2D eigenvalue weighted by molar-refractivity contribution is 0.528. The van der Waals surface area contributed by atoms with Crippen molar-refractivity contribution in [2.75, 3.05) is 18.9 Å². The van der Waals surface area contributed by atoms with Gasteiger partial charge in [-0.2, -0.15) is 0 Å². The molecular formula is C16H32NP. The van der Waals surface area contributed by atoms with Gasteiger partial charge in [0.2, 0.25) is 0 Å². The number of unbranched alkanes of at least 4 members (excludes halogenated alkanes) is 1. The van der Waals surface area contributed by atoms with Gasteiger partial charge >= 0.3 is 0 Å². The SMILES string of the molecule is C=C(NCCCCC(C)CP1(=C)CC1C)C(C)C. The lowest BCUT2D eigenvalue weighted by Gasteiger charge is -2.15. The van der Waals surface area contributed by atoms with Gasteiger partial charge in [-0.25, -0.2) is 0 Å². The molecular weight excluding hydrogens is 237 g/mol. The monoisotopic (exact) mass is 269 g/mol. The average molecular weight is 269 g/mol. The minimum Gasteiger partial charge on any atom is -0.389 e. The third-order valence-electron chi connectivity index (χ3n) is 4.28. The van der Waals surface area contributed by atoms with E-state index in [-0.39, 0.29) is 0 Å². The van der Waals surface area contributed by atoms with Crippen molar-refractivity contribution in [2.45, 2.75) is 52.6 Å². The molecule has 0 bridgehead atoms. The highest BCUT2D eigenvalue weighted by Gasteiger charge is 2.38. The molecule has 1 aliphatic rings. The molecule has 0 radical (unpaired) electrons. The second-order valence-corrected chi connectivity index (χ2v) is 10.7. The van der Waals surface area contributed by atoms with Gasteiger partial charge in [-0.3, -0.25) is 0 Å². The van der Waals surface area contributed by atoms with Crippen molar-refractivity contribution in [1.29, 1.82) is 0 Å². The summed E-state index contributed by atoms with van der Waals surface area (Å²) in [6, 6.07) is 0.